The van der Waals surface area contributed by atoms with Crippen molar-refractivity contribution in [2.24, 2.45) is 4.99 Å². The number of aromatic nitrogens is 1. The first kappa shape index (κ1) is 13.7. The molecule has 18 heavy (non-hydrogen) atoms. The molecule has 3 nitrogen and oxygen atoms in total. The van der Waals surface area contributed by atoms with Gasteiger partial charge in [-0.05, 0) is 18.9 Å². The van der Waals surface area contributed by atoms with Crippen molar-refractivity contribution in [3.05, 3.63) is 30.5 Å². The van der Waals surface area contributed by atoms with Crippen LogP contribution in [0.25, 0.3) is 10.9 Å². The number of nitrogens with one attached hydrogen (secondary N) is 2. The molecule has 96 valence electrons. The number of para-hydroxylation sites is 1. The molecular weight excluding hydrogens is 357 g/mol. The van der Waals surface area contributed by atoms with Gasteiger partial charge in [0.1, 0.15) is 0 Å². The highest BCUT2D eigenvalue weighted by Crippen LogP contribution is 2.28. The summed E-state index contributed by atoms with van der Waals surface area (Å²) in [5.41, 5.74) is 1.18. The van der Waals surface area contributed by atoms with Crippen LogP contribution >= 0.6 is 35.7 Å². The number of aliphatic imine (C=N–C) groups is 1. The Kier molecular flexibility index (Phi) is 4.94. The number of amidine groups is 1. The van der Waals surface area contributed by atoms with E-state index in [0.717, 1.165) is 18.3 Å². The molecule has 1 aromatic heterocycles. The monoisotopic (exact) mass is 373 g/mol. The van der Waals surface area contributed by atoms with Crippen molar-refractivity contribution in [1.82, 2.24) is 10.3 Å². The van der Waals surface area contributed by atoms with Crippen LogP contribution in [-0.4, -0.2) is 23.2 Å². The van der Waals surface area contributed by atoms with E-state index in [4.69, 9.17) is 0 Å². The Balaban J connectivity index is 0.00000120. The summed E-state index contributed by atoms with van der Waals surface area (Å²) >= 11 is 1.72. The van der Waals surface area contributed by atoms with Crippen molar-refractivity contribution in [1.29, 1.82) is 0 Å². The minimum Gasteiger partial charge on any atom is -0.365 e. The number of rotatable bonds is 1. The average molecular weight is 373 g/mol. The second-order valence-corrected chi connectivity index (χ2v) is 5.15. The van der Waals surface area contributed by atoms with Crippen LogP contribution < -0.4 is 5.32 Å². The fraction of sp³-hybridized carbons (Fsp3) is 0.308. The van der Waals surface area contributed by atoms with E-state index >= 15 is 0 Å². The zero-order valence-electron chi connectivity index (χ0n) is 9.98. The number of halogens is 1. The summed E-state index contributed by atoms with van der Waals surface area (Å²) < 4.78 is 0. The Labute approximate surface area is 128 Å². The number of aromatic amines is 1. The molecule has 1 aliphatic rings. The molecule has 1 aliphatic heterocycles. The number of benzene rings is 1. The van der Waals surface area contributed by atoms with Crippen LogP contribution in [0.15, 0.2) is 40.4 Å². The maximum absolute atomic E-state index is 4.56. The number of hydrogen-bond donors (Lipinski definition) is 2. The van der Waals surface area contributed by atoms with Crippen LogP contribution in [0.4, 0.5) is 0 Å². The lowest BCUT2D eigenvalue weighted by molar-refractivity contribution is 0.750. The SMILES string of the molecule is I.c1ccc2c(SC3=NCCCCN3)c[nH]c2c1. The van der Waals surface area contributed by atoms with Gasteiger partial charge in [0.2, 0.25) is 0 Å². The Morgan fingerprint density at radius 3 is 3.00 bits per heavy atom. The highest BCUT2D eigenvalue weighted by molar-refractivity contribution is 14.0. The van der Waals surface area contributed by atoms with Crippen molar-refractivity contribution in [2.75, 3.05) is 13.1 Å². The molecule has 0 spiro atoms. The number of nitrogens with zero attached hydrogens (tertiary/aromatic N) is 1. The lowest BCUT2D eigenvalue weighted by Gasteiger charge is -2.04. The van der Waals surface area contributed by atoms with Crippen LogP contribution in [-0.2, 0) is 0 Å². The van der Waals surface area contributed by atoms with Crippen molar-refractivity contribution >= 4 is 51.8 Å². The number of hydrogen-bond acceptors (Lipinski definition) is 3. The van der Waals surface area contributed by atoms with Gasteiger partial charge in [0.15, 0.2) is 5.17 Å². The summed E-state index contributed by atoms with van der Waals surface area (Å²) in [6.07, 6.45) is 4.46. The maximum Gasteiger partial charge on any atom is 0.161 e. The van der Waals surface area contributed by atoms with E-state index in [9.17, 15) is 0 Å². The Morgan fingerprint density at radius 1 is 1.17 bits per heavy atom. The van der Waals surface area contributed by atoms with E-state index in [1.165, 1.54) is 28.6 Å². The van der Waals surface area contributed by atoms with Gasteiger partial charge in [0.05, 0.1) is 0 Å². The van der Waals surface area contributed by atoms with Crippen LogP contribution in [0.5, 0.6) is 0 Å². The number of thioether (sulfide) groups is 1. The first-order valence-electron chi connectivity index (χ1n) is 5.96. The van der Waals surface area contributed by atoms with Gasteiger partial charge in [-0.1, -0.05) is 30.0 Å². The molecule has 0 aliphatic carbocycles. The van der Waals surface area contributed by atoms with Gasteiger partial charge in [-0.25, -0.2) is 0 Å². The van der Waals surface area contributed by atoms with Gasteiger partial charge in [-0.3, -0.25) is 4.99 Å². The fourth-order valence-electron chi connectivity index (χ4n) is 1.97. The van der Waals surface area contributed by atoms with Crippen molar-refractivity contribution in [2.45, 2.75) is 17.7 Å². The standard InChI is InChI=1S/C13H15N3S.HI/c1-2-6-11-10(5-1)12(9-16-11)17-13-14-7-3-4-8-15-13;/h1-2,5-6,9,16H,3-4,7-8H2,(H,14,15);1H. The number of fused-ring (bicyclic) bond motifs is 1. The highest BCUT2D eigenvalue weighted by Gasteiger charge is 2.09. The normalized spacial score (nSPS) is 15.4. The molecular formula is C13H16IN3S. The lowest BCUT2D eigenvalue weighted by atomic mass is 10.2. The van der Waals surface area contributed by atoms with Crippen LogP contribution in [0.2, 0.25) is 0 Å². The van der Waals surface area contributed by atoms with Gasteiger partial charge in [-0.2, -0.15) is 0 Å². The molecule has 0 bridgehead atoms. The molecule has 0 unspecified atom stereocenters. The van der Waals surface area contributed by atoms with Crippen LogP contribution in [0.1, 0.15) is 12.8 Å². The lowest BCUT2D eigenvalue weighted by Crippen LogP contribution is -2.19. The summed E-state index contributed by atoms with van der Waals surface area (Å²) in [5.74, 6) is 0. The van der Waals surface area contributed by atoms with E-state index in [2.05, 4.69) is 45.8 Å². The summed E-state index contributed by atoms with van der Waals surface area (Å²) in [7, 11) is 0. The molecule has 2 N–H and O–H groups in total. The van der Waals surface area contributed by atoms with E-state index in [-0.39, 0.29) is 24.0 Å². The third-order valence-electron chi connectivity index (χ3n) is 2.87. The molecule has 0 amide bonds. The van der Waals surface area contributed by atoms with Gasteiger partial charge < -0.3 is 10.3 Å². The molecule has 3 rings (SSSR count). The van der Waals surface area contributed by atoms with Crippen LogP contribution in [0.3, 0.4) is 0 Å². The molecule has 0 saturated heterocycles. The van der Waals surface area contributed by atoms with E-state index < -0.39 is 0 Å². The third kappa shape index (κ3) is 3.00. The quantitative estimate of drug-likeness (QED) is 0.750. The number of H-pyrrole nitrogens is 1. The van der Waals surface area contributed by atoms with Crippen molar-refractivity contribution in [3.8, 4) is 0 Å². The summed E-state index contributed by atoms with van der Waals surface area (Å²) in [4.78, 5) is 9.09. The largest absolute Gasteiger partial charge is 0.365 e. The van der Waals surface area contributed by atoms with Crippen LogP contribution in [0, 0.1) is 0 Å². The molecule has 0 radical (unpaired) electrons. The second kappa shape index (κ2) is 6.47. The molecule has 0 fully saturated rings. The molecule has 1 aromatic carbocycles. The summed E-state index contributed by atoms with van der Waals surface area (Å²) in [6, 6.07) is 8.37. The van der Waals surface area contributed by atoms with Gasteiger partial charge in [0.25, 0.3) is 0 Å². The van der Waals surface area contributed by atoms with E-state index in [1.807, 2.05) is 0 Å². The average Bonchev–Trinajstić information content (AvgIpc) is 2.59. The minimum atomic E-state index is 0. The second-order valence-electron chi connectivity index (χ2n) is 4.12. The van der Waals surface area contributed by atoms with Crippen molar-refractivity contribution in [3.63, 3.8) is 0 Å². The van der Waals surface area contributed by atoms with Crippen molar-refractivity contribution < 1.29 is 0 Å². The van der Waals surface area contributed by atoms with Gasteiger partial charge in [0, 0.05) is 35.1 Å². The predicted octanol–water partition coefficient (Wildman–Crippen LogP) is 3.62. The summed E-state index contributed by atoms with van der Waals surface area (Å²) in [5, 5.41) is 5.70. The first-order valence-corrected chi connectivity index (χ1v) is 6.77. The zero-order valence-corrected chi connectivity index (χ0v) is 13.1. The fourth-order valence-corrected chi connectivity index (χ4v) is 2.91. The zero-order chi connectivity index (χ0) is 11.5. The molecule has 5 heteroatoms. The van der Waals surface area contributed by atoms with Gasteiger partial charge in [-0.15, -0.1) is 24.0 Å². The molecule has 2 heterocycles. The van der Waals surface area contributed by atoms with E-state index in [0.29, 0.717) is 0 Å². The highest BCUT2D eigenvalue weighted by atomic mass is 127. The first-order chi connectivity index (χ1) is 8.43. The maximum atomic E-state index is 4.56. The molecule has 0 atom stereocenters. The Morgan fingerprint density at radius 2 is 2.06 bits per heavy atom. The third-order valence-corrected chi connectivity index (χ3v) is 3.90. The molecule has 2 aromatic rings. The Bertz CT molecular complexity index is 550. The molecule has 0 saturated carbocycles. The van der Waals surface area contributed by atoms with Gasteiger partial charge >= 0.3 is 0 Å². The smallest absolute Gasteiger partial charge is 0.161 e. The topological polar surface area (TPSA) is 40.2 Å². The van der Waals surface area contributed by atoms with E-state index in [1.54, 1.807) is 11.8 Å². The summed E-state index contributed by atoms with van der Waals surface area (Å²) in [6.45, 7) is 1.98. The predicted molar refractivity (Wildman–Crippen MR) is 89.1 cm³/mol. The minimum absolute atomic E-state index is 0. The Hall–Kier alpha value is -0.690.